The zero-order valence-electron chi connectivity index (χ0n) is 21.3. The van der Waals surface area contributed by atoms with Crippen LogP contribution in [0, 0.1) is 0 Å². The Labute approximate surface area is 210 Å². The third kappa shape index (κ3) is 4.80. The van der Waals surface area contributed by atoms with Crippen molar-refractivity contribution in [1.29, 1.82) is 0 Å². The number of hydrogen-bond donors (Lipinski definition) is 2. The number of fused-ring (bicyclic) bond motifs is 2. The smallest absolute Gasteiger partial charge is 0.419 e. The highest BCUT2D eigenvalue weighted by molar-refractivity contribution is 5.99. The summed E-state index contributed by atoms with van der Waals surface area (Å²) >= 11 is 0. The van der Waals surface area contributed by atoms with E-state index in [1.165, 1.54) is 19.3 Å². The summed E-state index contributed by atoms with van der Waals surface area (Å²) in [6, 6.07) is 13.9. The molecule has 2 heterocycles. The van der Waals surface area contributed by atoms with Crippen LogP contribution in [0.1, 0.15) is 52.9 Å². The number of benzene rings is 2. The summed E-state index contributed by atoms with van der Waals surface area (Å²) in [5.41, 5.74) is 8.47. The van der Waals surface area contributed by atoms with Crippen molar-refractivity contribution in [2.75, 3.05) is 18.2 Å². The number of carbonyl (C=O) groups excluding carboxylic acids is 1. The van der Waals surface area contributed by atoms with Crippen LogP contribution in [-0.4, -0.2) is 39.4 Å². The van der Waals surface area contributed by atoms with Crippen LogP contribution in [0.5, 0.6) is 5.75 Å². The minimum atomic E-state index is -0.636. The SMILES string of the molecule is COc1ccc2c(c1)cc(-c1ccc3nc(N)nc(NC4CCCCC4)c3c1)n2C(=O)OC(C)(C)C. The van der Waals surface area contributed by atoms with Crippen molar-refractivity contribution in [2.45, 2.75) is 64.5 Å². The van der Waals surface area contributed by atoms with Gasteiger partial charge in [-0.05, 0) is 75.6 Å². The van der Waals surface area contributed by atoms with Crippen LogP contribution in [0.25, 0.3) is 33.1 Å². The van der Waals surface area contributed by atoms with Crippen molar-refractivity contribution in [1.82, 2.24) is 14.5 Å². The molecule has 0 spiro atoms. The van der Waals surface area contributed by atoms with Gasteiger partial charge >= 0.3 is 6.09 Å². The minimum Gasteiger partial charge on any atom is -0.497 e. The summed E-state index contributed by atoms with van der Waals surface area (Å²) in [6.45, 7) is 5.58. The number of nitrogen functional groups attached to an aromatic ring is 1. The fourth-order valence-electron chi connectivity index (χ4n) is 4.89. The van der Waals surface area contributed by atoms with Crippen molar-refractivity contribution in [3.05, 3.63) is 42.5 Å². The van der Waals surface area contributed by atoms with E-state index in [0.29, 0.717) is 6.04 Å². The van der Waals surface area contributed by atoms with Crippen molar-refractivity contribution in [2.24, 2.45) is 0 Å². The number of aromatic nitrogens is 3. The van der Waals surface area contributed by atoms with E-state index in [-0.39, 0.29) is 5.95 Å². The summed E-state index contributed by atoms with van der Waals surface area (Å²) in [7, 11) is 1.63. The topological polar surface area (TPSA) is 104 Å². The molecule has 0 aliphatic heterocycles. The van der Waals surface area contributed by atoms with Crippen LogP contribution < -0.4 is 15.8 Å². The van der Waals surface area contributed by atoms with Gasteiger partial charge in [0.25, 0.3) is 0 Å². The second-order valence-electron chi connectivity index (χ2n) is 10.4. The van der Waals surface area contributed by atoms with E-state index < -0.39 is 11.7 Å². The van der Waals surface area contributed by atoms with Gasteiger partial charge in [0.2, 0.25) is 5.95 Å². The number of hydrogen-bond acceptors (Lipinski definition) is 7. The first-order chi connectivity index (χ1) is 17.2. The van der Waals surface area contributed by atoms with Crippen LogP contribution in [0.15, 0.2) is 42.5 Å². The zero-order chi connectivity index (χ0) is 25.4. The van der Waals surface area contributed by atoms with E-state index in [9.17, 15) is 4.79 Å². The number of ether oxygens (including phenoxy) is 2. The van der Waals surface area contributed by atoms with E-state index in [1.54, 1.807) is 11.7 Å². The van der Waals surface area contributed by atoms with Gasteiger partial charge in [0.1, 0.15) is 17.2 Å². The van der Waals surface area contributed by atoms with Crippen molar-refractivity contribution < 1.29 is 14.3 Å². The number of nitrogens with two attached hydrogens (primary N) is 1. The first kappa shape index (κ1) is 23.9. The first-order valence-corrected chi connectivity index (χ1v) is 12.5. The van der Waals surface area contributed by atoms with Crippen LogP contribution in [0.3, 0.4) is 0 Å². The van der Waals surface area contributed by atoms with Gasteiger partial charge in [-0.1, -0.05) is 25.3 Å². The molecule has 0 radical (unpaired) electrons. The van der Waals surface area contributed by atoms with Gasteiger partial charge in [0.15, 0.2) is 0 Å². The molecule has 1 saturated carbocycles. The molecule has 4 aromatic rings. The van der Waals surface area contributed by atoms with Gasteiger partial charge in [-0.15, -0.1) is 0 Å². The molecule has 1 aliphatic carbocycles. The molecule has 8 nitrogen and oxygen atoms in total. The standard InChI is InChI=1S/C28H33N5O3/c1-28(2,3)36-27(34)33-23-13-11-20(35-4)14-18(23)16-24(33)17-10-12-22-21(15-17)25(32-26(29)31-22)30-19-8-6-5-7-9-19/h10-16,19H,5-9H2,1-4H3,(H3,29,30,31,32). The monoisotopic (exact) mass is 487 g/mol. The Balaban J connectivity index is 1.65. The summed E-state index contributed by atoms with van der Waals surface area (Å²) in [6.07, 6.45) is 5.47. The number of nitrogens with zero attached hydrogens (tertiary/aromatic N) is 3. The van der Waals surface area contributed by atoms with Crippen LogP contribution >= 0.6 is 0 Å². The first-order valence-electron chi connectivity index (χ1n) is 12.5. The van der Waals surface area contributed by atoms with E-state index in [0.717, 1.165) is 57.5 Å². The Morgan fingerprint density at radius 3 is 2.56 bits per heavy atom. The Bertz CT molecular complexity index is 1430. The molecule has 188 valence electrons. The van der Waals surface area contributed by atoms with Crippen molar-refractivity contribution >= 4 is 39.7 Å². The van der Waals surface area contributed by atoms with E-state index in [2.05, 4.69) is 15.3 Å². The number of anilines is 2. The molecule has 5 rings (SSSR count). The van der Waals surface area contributed by atoms with Gasteiger partial charge < -0.3 is 20.5 Å². The third-order valence-corrected chi connectivity index (χ3v) is 6.54. The Hall–Kier alpha value is -3.81. The normalized spacial score (nSPS) is 14.8. The molecular formula is C28H33N5O3. The molecule has 8 heteroatoms. The zero-order valence-corrected chi connectivity index (χ0v) is 21.3. The van der Waals surface area contributed by atoms with E-state index >= 15 is 0 Å². The van der Waals surface area contributed by atoms with Crippen molar-refractivity contribution in [3.63, 3.8) is 0 Å². The number of rotatable bonds is 4. The molecule has 2 aromatic carbocycles. The maximum atomic E-state index is 13.4. The van der Waals surface area contributed by atoms with Gasteiger partial charge in [-0.3, -0.25) is 0 Å². The van der Waals surface area contributed by atoms with Crippen molar-refractivity contribution in [3.8, 4) is 17.0 Å². The number of methoxy groups -OCH3 is 1. The third-order valence-electron chi connectivity index (χ3n) is 6.54. The van der Waals surface area contributed by atoms with Gasteiger partial charge in [0, 0.05) is 16.8 Å². The average Bonchev–Trinajstić information content (AvgIpc) is 3.22. The quantitative estimate of drug-likeness (QED) is 0.345. The second kappa shape index (κ2) is 9.33. The van der Waals surface area contributed by atoms with Crippen LogP contribution in [0.2, 0.25) is 0 Å². The fourth-order valence-corrected chi connectivity index (χ4v) is 4.89. The molecule has 0 bridgehead atoms. The maximum absolute atomic E-state index is 13.4. The predicted molar refractivity (Wildman–Crippen MR) is 144 cm³/mol. The molecule has 0 saturated heterocycles. The van der Waals surface area contributed by atoms with Crippen LogP contribution in [-0.2, 0) is 4.74 Å². The molecule has 3 N–H and O–H groups in total. The largest absolute Gasteiger partial charge is 0.497 e. The lowest BCUT2D eigenvalue weighted by Gasteiger charge is -2.24. The summed E-state index contributed by atoms with van der Waals surface area (Å²) in [5.74, 6) is 1.69. The molecule has 1 aliphatic rings. The molecular weight excluding hydrogens is 454 g/mol. The lowest BCUT2D eigenvalue weighted by atomic mass is 9.95. The molecule has 1 fully saturated rings. The summed E-state index contributed by atoms with van der Waals surface area (Å²) in [5, 5.41) is 5.35. The van der Waals surface area contributed by atoms with Gasteiger partial charge in [-0.2, -0.15) is 4.98 Å². The predicted octanol–water partition coefficient (Wildman–Crippen LogP) is 6.37. The highest BCUT2D eigenvalue weighted by Gasteiger charge is 2.24. The van der Waals surface area contributed by atoms with Gasteiger partial charge in [0.05, 0.1) is 23.8 Å². The lowest BCUT2D eigenvalue weighted by Crippen LogP contribution is -2.27. The maximum Gasteiger partial charge on any atom is 0.419 e. The Morgan fingerprint density at radius 2 is 1.83 bits per heavy atom. The Morgan fingerprint density at radius 1 is 1.06 bits per heavy atom. The van der Waals surface area contributed by atoms with E-state index in [1.807, 2.05) is 63.2 Å². The highest BCUT2D eigenvalue weighted by Crippen LogP contribution is 2.35. The number of carbonyl (C=O) groups is 1. The van der Waals surface area contributed by atoms with Crippen LogP contribution in [0.4, 0.5) is 16.6 Å². The highest BCUT2D eigenvalue weighted by atomic mass is 16.6. The number of nitrogens with one attached hydrogen (secondary N) is 1. The second-order valence-corrected chi connectivity index (χ2v) is 10.4. The van der Waals surface area contributed by atoms with Gasteiger partial charge in [-0.25, -0.2) is 14.3 Å². The minimum absolute atomic E-state index is 0.239. The van der Waals surface area contributed by atoms with E-state index in [4.69, 9.17) is 15.2 Å². The Kier molecular flexibility index (Phi) is 6.20. The summed E-state index contributed by atoms with van der Waals surface area (Å²) in [4.78, 5) is 22.4. The molecule has 0 atom stereocenters. The lowest BCUT2D eigenvalue weighted by molar-refractivity contribution is 0.0547. The molecule has 0 amide bonds. The summed E-state index contributed by atoms with van der Waals surface area (Å²) < 4.78 is 12.8. The molecule has 0 unspecified atom stereocenters. The fraction of sp³-hybridized carbons (Fsp3) is 0.393. The molecule has 36 heavy (non-hydrogen) atoms. The molecule has 2 aromatic heterocycles. The average molecular weight is 488 g/mol.